The molecule has 2 heteroatoms. The number of hydrogen-bond donors (Lipinski definition) is 1. The fourth-order valence-corrected chi connectivity index (χ4v) is 1.36. The maximum Gasteiger partial charge on any atom is 0.118 e. The van der Waals surface area contributed by atoms with Crippen molar-refractivity contribution in [3.63, 3.8) is 0 Å². The third-order valence-electron chi connectivity index (χ3n) is 2.26. The minimum absolute atomic E-state index is 0.0143. The predicted molar refractivity (Wildman–Crippen MR) is 69.8 cm³/mol. The first-order valence-corrected chi connectivity index (χ1v) is 5.74. The molecule has 0 aromatic heterocycles. The van der Waals surface area contributed by atoms with Crippen molar-refractivity contribution in [2.75, 3.05) is 7.11 Å². The van der Waals surface area contributed by atoms with Crippen molar-refractivity contribution in [1.82, 2.24) is 0 Å². The molecule has 1 aromatic carbocycles. The van der Waals surface area contributed by atoms with Gasteiger partial charge >= 0.3 is 0 Å². The van der Waals surface area contributed by atoms with Crippen molar-refractivity contribution in [2.24, 2.45) is 5.41 Å². The lowest BCUT2D eigenvalue weighted by Gasteiger charge is -2.10. The summed E-state index contributed by atoms with van der Waals surface area (Å²) in [5, 5.41) is 9.94. The van der Waals surface area contributed by atoms with E-state index in [9.17, 15) is 5.11 Å². The molecule has 0 fully saturated rings. The van der Waals surface area contributed by atoms with Gasteiger partial charge in [-0.05, 0) is 38.5 Å². The molecule has 0 saturated heterocycles. The van der Waals surface area contributed by atoms with E-state index in [0.29, 0.717) is 6.42 Å². The monoisotopic (exact) mass is 232 g/mol. The molecular weight excluding hydrogens is 212 g/mol. The van der Waals surface area contributed by atoms with Crippen LogP contribution in [0.4, 0.5) is 0 Å². The first kappa shape index (κ1) is 13.6. The Morgan fingerprint density at radius 3 is 2.29 bits per heavy atom. The summed E-state index contributed by atoms with van der Waals surface area (Å²) < 4.78 is 5.07. The van der Waals surface area contributed by atoms with Gasteiger partial charge in [0.2, 0.25) is 0 Å². The summed E-state index contributed by atoms with van der Waals surface area (Å²) in [4.78, 5) is 0. The first-order valence-electron chi connectivity index (χ1n) is 5.74. The van der Waals surface area contributed by atoms with Crippen molar-refractivity contribution < 1.29 is 9.84 Å². The number of methoxy groups -OCH3 is 1. The van der Waals surface area contributed by atoms with Gasteiger partial charge in [0.25, 0.3) is 0 Å². The second kappa shape index (κ2) is 5.75. The molecule has 0 aliphatic carbocycles. The van der Waals surface area contributed by atoms with Gasteiger partial charge in [-0.15, -0.1) is 0 Å². The van der Waals surface area contributed by atoms with E-state index >= 15 is 0 Å². The van der Waals surface area contributed by atoms with E-state index in [2.05, 4.69) is 32.6 Å². The van der Waals surface area contributed by atoms with Gasteiger partial charge in [0, 0.05) is 11.8 Å². The maximum atomic E-state index is 9.94. The SMILES string of the molecule is COc1ccc(C(O)CC#CC(C)(C)C)cc1. The summed E-state index contributed by atoms with van der Waals surface area (Å²) in [6.45, 7) is 6.17. The van der Waals surface area contributed by atoms with Crippen LogP contribution in [-0.4, -0.2) is 12.2 Å². The second-order valence-electron chi connectivity index (χ2n) is 5.04. The Bertz CT molecular complexity index is 401. The molecule has 0 heterocycles. The lowest BCUT2D eigenvalue weighted by atomic mass is 9.97. The average Bonchev–Trinajstić information content (AvgIpc) is 2.27. The van der Waals surface area contributed by atoms with Gasteiger partial charge in [-0.1, -0.05) is 24.0 Å². The van der Waals surface area contributed by atoms with Gasteiger partial charge in [-0.25, -0.2) is 0 Å². The molecule has 0 radical (unpaired) electrons. The molecule has 0 aliphatic rings. The highest BCUT2D eigenvalue weighted by molar-refractivity contribution is 5.29. The summed E-state index contributed by atoms with van der Waals surface area (Å²) >= 11 is 0. The minimum atomic E-state index is -0.532. The maximum absolute atomic E-state index is 9.94. The van der Waals surface area contributed by atoms with Crippen LogP contribution < -0.4 is 4.74 Å². The van der Waals surface area contributed by atoms with Crippen LogP contribution in [0.5, 0.6) is 5.75 Å². The van der Waals surface area contributed by atoms with Crippen LogP contribution in [0, 0.1) is 17.3 Å². The zero-order valence-corrected chi connectivity index (χ0v) is 10.9. The van der Waals surface area contributed by atoms with E-state index in [1.165, 1.54) is 0 Å². The highest BCUT2D eigenvalue weighted by atomic mass is 16.5. The van der Waals surface area contributed by atoms with E-state index in [4.69, 9.17) is 4.74 Å². The highest BCUT2D eigenvalue weighted by Crippen LogP contribution is 2.20. The van der Waals surface area contributed by atoms with Gasteiger partial charge in [0.05, 0.1) is 13.2 Å². The summed E-state index contributed by atoms with van der Waals surface area (Å²) in [5.74, 6) is 6.92. The van der Waals surface area contributed by atoms with Crippen LogP contribution in [-0.2, 0) is 0 Å². The molecule has 92 valence electrons. The zero-order chi connectivity index (χ0) is 12.9. The first-order chi connectivity index (χ1) is 7.92. The Morgan fingerprint density at radius 1 is 1.24 bits per heavy atom. The highest BCUT2D eigenvalue weighted by Gasteiger charge is 2.07. The topological polar surface area (TPSA) is 29.5 Å². The molecule has 1 N–H and O–H groups in total. The molecule has 2 nitrogen and oxygen atoms in total. The molecule has 1 atom stereocenters. The fraction of sp³-hybridized carbons (Fsp3) is 0.467. The molecular formula is C15H20O2. The van der Waals surface area contributed by atoms with Crippen LogP contribution in [0.25, 0.3) is 0 Å². The molecule has 0 aliphatic heterocycles. The van der Waals surface area contributed by atoms with Crippen LogP contribution in [0.2, 0.25) is 0 Å². The van der Waals surface area contributed by atoms with Gasteiger partial charge in [0.15, 0.2) is 0 Å². The largest absolute Gasteiger partial charge is 0.497 e. The molecule has 1 rings (SSSR count). The molecule has 0 saturated carbocycles. The Balaban J connectivity index is 2.62. The minimum Gasteiger partial charge on any atom is -0.497 e. The number of rotatable bonds is 3. The van der Waals surface area contributed by atoms with Crippen molar-refractivity contribution in [1.29, 1.82) is 0 Å². The third-order valence-corrected chi connectivity index (χ3v) is 2.26. The molecule has 0 amide bonds. The third kappa shape index (κ3) is 4.93. The average molecular weight is 232 g/mol. The van der Waals surface area contributed by atoms with E-state index in [1.807, 2.05) is 24.3 Å². The lowest BCUT2D eigenvalue weighted by Crippen LogP contribution is -2.01. The van der Waals surface area contributed by atoms with Crippen molar-refractivity contribution in [2.45, 2.75) is 33.3 Å². The van der Waals surface area contributed by atoms with E-state index in [-0.39, 0.29) is 5.41 Å². The van der Waals surface area contributed by atoms with Crippen LogP contribution >= 0.6 is 0 Å². The van der Waals surface area contributed by atoms with Gasteiger partial charge in [-0.2, -0.15) is 0 Å². The smallest absolute Gasteiger partial charge is 0.118 e. The molecule has 0 spiro atoms. The van der Waals surface area contributed by atoms with Crippen molar-refractivity contribution in [3.8, 4) is 17.6 Å². The standard InChI is InChI=1S/C15H20O2/c1-15(2,3)11-5-6-14(16)12-7-9-13(17-4)10-8-12/h7-10,14,16H,6H2,1-4H3. The number of ether oxygens (including phenoxy) is 1. The lowest BCUT2D eigenvalue weighted by molar-refractivity contribution is 0.184. The normalized spacial score (nSPS) is 12.5. The van der Waals surface area contributed by atoms with E-state index < -0.39 is 6.10 Å². The number of benzene rings is 1. The Kier molecular flexibility index (Phi) is 4.60. The molecule has 17 heavy (non-hydrogen) atoms. The van der Waals surface area contributed by atoms with E-state index in [1.54, 1.807) is 7.11 Å². The fourth-order valence-electron chi connectivity index (χ4n) is 1.36. The van der Waals surface area contributed by atoms with Crippen LogP contribution in [0.1, 0.15) is 38.9 Å². The Hall–Kier alpha value is -1.46. The van der Waals surface area contributed by atoms with Gasteiger partial charge in [-0.3, -0.25) is 0 Å². The quantitative estimate of drug-likeness (QED) is 0.811. The zero-order valence-electron chi connectivity index (χ0n) is 10.9. The number of aliphatic hydroxyl groups excluding tert-OH is 1. The van der Waals surface area contributed by atoms with E-state index in [0.717, 1.165) is 11.3 Å². The Labute approximate surface area is 104 Å². The summed E-state index contributed by atoms with van der Waals surface area (Å²) in [6.07, 6.45) is -0.0698. The van der Waals surface area contributed by atoms with Crippen LogP contribution in [0.3, 0.4) is 0 Å². The van der Waals surface area contributed by atoms with Gasteiger partial charge < -0.3 is 9.84 Å². The second-order valence-corrected chi connectivity index (χ2v) is 5.04. The van der Waals surface area contributed by atoms with Crippen LogP contribution in [0.15, 0.2) is 24.3 Å². The van der Waals surface area contributed by atoms with Crippen molar-refractivity contribution in [3.05, 3.63) is 29.8 Å². The predicted octanol–water partition coefficient (Wildman–Crippen LogP) is 3.17. The van der Waals surface area contributed by atoms with Crippen molar-refractivity contribution >= 4 is 0 Å². The molecule has 1 aromatic rings. The summed E-state index contributed by atoms with van der Waals surface area (Å²) in [5.41, 5.74) is 0.855. The molecule has 1 unspecified atom stereocenters. The number of hydrogen-bond acceptors (Lipinski definition) is 2. The van der Waals surface area contributed by atoms with Gasteiger partial charge in [0.1, 0.15) is 5.75 Å². The summed E-state index contributed by atoms with van der Waals surface area (Å²) in [6, 6.07) is 7.41. The Morgan fingerprint density at radius 2 is 1.82 bits per heavy atom. The number of aliphatic hydroxyl groups is 1. The summed E-state index contributed by atoms with van der Waals surface area (Å²) in [7, 11) is 1.63. The molecule has 0 bridgehead atoms.